The number of carboxylic acid groups (broad SMARTS) is 1. The van der Waals surface area contributed by atoms with Crippen LogP contribution in [0, 0.1) is 11.8 Å². The van der Waals surface area contributed by atoms with E-state index in [0.717, 1.165) is 5.56 Å². The van der Waals surface area contributed by atoms with Crippen LogP contribution in [0.2, 0.25) is 5.02 Å². The highest BCUT2D eigenvalue weighted by atomic mass is 35.5. The Bertz CT molecular complexity index is 500. The van der Waals surface area contributed by atoms with E-state index in [1.807, 2.05) is 19.1 Å². The van der Waals surface area contributed by atoms with Gasteiger partial charge < -0.3 is 10.4 Å². The second kappa shape index (κ2) is 6.27. The molecule has 1 aliphatic rings. The quantitative estimate of drug-likeness (QED) is 0.897. The number of benzene rings is 1. The molecular weight excluding hydrogens is 278 g/mol. The molecule has 1 aliphatic carbocycles. The molecule has 1 saturated carbocycles. The predicted molar refractivity (Wildman–Crippen MR) is 76.5 cm³/mol. The van der Waals surface area contributed by atoms with E-state index in [1.54, 1.807) is 12.1 Å². The number of carbonyl (C=O) groups is 2. The molecule has 0 radical (unpaired) electrons. The summed E-state index contributed by atoms with van der Waals surface area (Å²) in [5.74, 6) is -1.43. The van der Waals surface area contributed by atoms with Crippen LogP contribution in [-0.4, -0.2) is 17.0 Å². The zero-order valence-corrected chi connectivity index (χ0v) is 12.1. The van der Waals surface area contributed by atoms with Gasteiger partial charge in [-0.05, 0) is 43.9 Å². The minimum atomic E-state index is -0.800. The van der Waals surface area contributed by atoms with Gasteiger partial charge in [-0.25, -0.2) is 0 Å². The van der Waals surface area contributed by atoms with Crippen LogP contribution in [-0.2, 0) is 9.59 Å². The summed E-state index contributed by atoms with van der Waals surface area (Å²) in [7, 11) is 0. The maximum Gasteiger partial charge on any atom is 0.306 e. The number of carboxylic acids is 1. The molecule has 0 bridgehead atoms. The number of rotatable bonds is 4. The van der Waals surface area contributed by atoms with E-state index in [4.69, 9.17) is 16.7 Å². The van der Waals surface area contributed by atoms with Crippen molar-refractivity contribution >= 4 is 23.5 Å². The van der Waals surface area contributed by atoms with Crippen molar-refractivity contribution in [3.05, 3.63) is 34.9 Å². The first-order chi connectivity index (χ1) is 9.47. The second-order valence-electron chi connectivity index (χ2n) is 5.33. The predicted octanol–water partition coefficient (Wildman–Crippen LogP) is 3.02. The van der Waals surface area contributed by atoms with Gasteiger partial charge in [0.15, 0.2) is 0 Å². The Kier molecular flexibility index (Phi) is 4.65. The van der Waals surface area contributed by atoms with Gasteiger partial charge in [-0.1, -0.05) is 23.7 Å². The largest absolute Gasteiger partial charge is 0.481 e. The van der Waals surface area contributed by atoms with E-state index in [9.17, 15) is 9.59 Å². The Hall–Kier alpha value is -1.55. The van der Waals surface area contributed by atoms with Crippen LogP contribution in [0.3, 0.4) is 0 Å². The molecule has 1 aromatic rings. The molecule has 2 unspecified atom stereocenters. The van der Waals surface area contributed by atoms with E-state index >= 15 is 0 Å². The summed E-state index contributed by atoms with van der Waals surface area (Å²) in [5.41, 5.74) is 0.982. The van der Waals surface area contributed by atoms with Crippen molar-refractivity contribution in [1.82, 2.24) is 5.32 Å². The van der Waals surface area contributed by atoms with Crippen LogP contribution in [0.5, 0.6) is 0 Å². The number of amides is 1. The van der Waals surface area contributed by atoms with Gasteiger partial charge in [0.2, 0.25) is 5.91 Å². The third kappa shape index (κ3) is 3.51. The van der Waals surface area contributed by atoms with E-state index in [2.05, 4.69) is 5.32 Å². The zero-order valence-electron chi connectivity index (χ0n) is 11.3. The Morgan fingerprint density at radius 1 is 1.25 bits per heavy atom. The lowest BCUT2D eigenvalue weighted by Gasteiger charge is -2.17. The number of hydrogen-bond donors (Lipinski definition) is 2. The molecule has 0 heterocycles. The number of hydrogen-bond acceptors (Lipinski definition) is 2. The van der Waals surface area contributed by atoms with Gasteiger partial charge in [-0.2, -0.15) is 0 Å². The lowest BCUT2D eigenvalue weighted by atomic mass is 10.0. The third-order valence-electron chi connectivity index (χ3n) is 3.88. The lowest BCUT2D eigenvalue weighted by Crippen LogP contribution is -2.32. The standard InChI is InChI=1S/C15H18ClNO3/c1-9(10-4-6-13(16)7-5-10)17-14(18)11-2-3-12(8-11)15(19)20/h4-7,9,11-12H,2-3,8H2,1H3,(H,17,18)(H,19,20)/t9-,11?,12?/m1/s1. The van der Waals surface area contributed by atoms with Gasteiger partial charge in [0.25, 0.3) is 0 Å². The van der Waals surface area contributed by atoms with Crippen molar-refractivity contribution in [1.29, 1.82) is 0 Å². The van der Waals surface area contributed by atoms with Crippen molar-refractivity contribution in [2.45, 2.75) is 32.2 Å². The van der Waals surface area contributed by atoms with Crippen molar-refractivity contribution < 1.29 is 14.7 Å². The molecule has 0 aromatic heterocycles. The highest BCUT2D eigenvalue weighted by Gasteiger charge is 2.34. The molecule has 0 spiro atoms. The van der Waals surface area contributed by atoms with Gasteiger partial charge in [0, 0.05) is 10.9 Å². The first kappa shape index (κ1) is 14.9. The molecule has 0 aliphatic heterocycles. The first-order valence-electron chi connectivity index (χ1n) is 6.76. The molecule has 20 heavy (non-hydrogen) atoms. The molecule has 4 nitrogen and oxygen atoms in total. The molecule has 1 amide bonds. The summed E-state index contributed by atoms with van der Waals surface area (Å²) in [6.45, 7) is 1.91. The fourth-order valence-electron chi connectivity index (χ4n) is 2.61. The topological polar surface area (TPSA) is 66.4 Å². The SMILES string of the molecule is C[C@@H](NC(=O)C1CCC(C(=O)O)C1)c1ccc(Cl)cc1. The van der Waals surface area contributed by atoms with Crippen molar-refractivity contribution in [3.63, 3.8) is 0 Å². The fourth-order valence-corrected chi connectivity index (χ4v) is 2.74. The fraction of sp³-hybridized carbons (Fsp3) is 0.467. The summed E-state index contributed by atoms with van der Waals surface area (Å²) >= 11 is 5.83. The Balaban J connectivity index is 1.91. The smallest absolute Gasteiger partial charge is 0.306 e. The van der Waals surface area contributed by atoms with Gasteiger partial charge in [0.1, 0.15) is 0 Å². The molecule has 1 fully saturated rings. The van der Waals surface area contributed by atoms with Crippen molar-refractivity contribution in [2.75, 3.05) is 0 Å². The highest BCUT2D eigenvalue weighted by molar-refractivity contribution is 6.30. The number of carbonyl (C=O) groups excluding carboxylic acids is 1. The molecule has 5 heteroatoms. The average molecular weight is 296 g/mol. The summed E-state index contributed by atoms with van der Waals surface area (Å²) in [4.78, 5) is 23.0. The normalized spacial score (nSPS) is 23.3. The van der Waals surface area contributed by atoms with Crippen LogP contribution in [0.1, 0.15) is 37.8 Å². The van der Waals surface area contributed by atoms with Crippen molar-refractivity contribution in [2.24, 2.45) is 11.8 Å². The zero-order chi connectivity index (χ0) is 14.7. The molecular formula is C15H18ClNO3. The molecule has 1 aromatic carbocycles. The van der Waals surface area contributed by atoms with E-state index < -0.39 is 5.97 Å². The molecule has 2 rings (SSSR count). The van der Waals surface area contributed by atoms with Gasteiger partial charge in [0.05, 0.1) is 12.0 Å². The van der Waals surface area contributed by atoms with Crippen LogP contribution >= 0.6 is 11.6 Å². The number of halogens is 1. The second-order valence-corrected chi connectivity index (χ2v) is 5.76. The van der Waals surface area contributed by atoms with Gasteiger partial charge in [-0.15, -0.1) is 0 Å². The van der Waals surface area contributed by atoms with E-state index in [1.165, 1.54) is 0 Å². The first-order valence-corrected chi connectivity index (χ1v) is 7.14. The molecule has 3 atom stereocenters. The molecule has 2 N–H and O–H groups in total. The Morgan fingerprint density at radius 2 is 1.85 bits per heavy atom. The van der Waals surface area contributed by atoms with E-state index in [0.29, 0.717) is 24.3 Å². The number of nitrogens with one attached hydrogen (secondary N) is 1. The summed E-state index contributed by atoms with van der Waals surface area (Å²) in [6.07, 6.45) is 1.67. The van der Waals surface area contributed by atoms with Crippen LogP contribution in [0.15, 0.2) is 24.3 Å². The van der Waals surface area contributed by atoms with E-state index in [-0.39, 0.29) is 23.8 Å². The number of aliphatic carboxylic acids is 1. The van der Waals surface area contributed by atoms with Crippen LogP contribution in [0.25, 0.3) is 0 Å². The Labute approximate surface area is 123 Å². The van der Waals surface area contributed by atoms with Gasteiger partial charge in [-0.3, -0.25) is 9.59 Å². The minimum absolute atomic E-state index is 0.0591. The maximum absolute atomic E-state index is 12.1. The van der Waals surface area contributed by atoms with Crippen LogP contribution < -0.4 is 5.32 Å². The van der Waals surface area contributed by atoms with Gasteiger partial charge >= 0.3 is 5.97 Å². The van der Waals surface area contributed by atoms with Crippen LogP contribution in [0.4, 0.5) is 0 Å². The monoisotopic (exact) mass is 295 g/mol. The highest BCUT2D eigenvalue weighted by Crippen LogP contribution is 2.31. The Morgan fingerprint density at radius 3 is 2.40 bits per heavy atom. The van der Waals surface area contributed by atoms with Crippen molar-refractivity contribution in [3.8, 4) is 0 Å². The minimum Gasteiger partial charge on any atom is -0.481 e. The maximum atomic E-state index is 12.1. The summed E-state index contributed by atoms with van der Waals surface area (Å²) in [6, 6.07) is 7.22. The summed E-state index contributed by atoms with van der Waals surface area (Å²) in [5, 5.41) is 12.6. The average Bonchev–Trinajstić information content (AvgIpc) is 2.89. The third-order valence-corrected chi connectivity index (χ3v) is 4.13. The summed E-state index contributed by atoms with van der Waals surface area (Å²) < 4.78 is 0. The molecule has 108 valence electrons. The lowest BCUT2D eigenvalue weighted by molar-refractivity contribution is -0.141. The molecule has 0 saturated heterocycles.